The molecule has 2 aromatic heterocycles. The van der Waals surface area contributed by atoms with E-state index in [0.717, 1.165) is 17.0 Å². The standard InChI is InChI=1S/C10H9IN2O2/c1-6-9(10(11)14)8-5-7(15-2)3-4-13(8)12-6/h3-5H,1-2H3. The summed E-state index contributed by atoms with van der Waals surface area (Å²) in [7, 11) is 1.60. The summed E-state index contributed by atoms with van der Waals surface area (Å²) in [5.41, 5.74) is 2.17. The second-order valence-electron chi connectivity index (χ2n) is 3.13. The molecule has 0 atom stereocenters. The fourth-order valence-corrected chi connectivity index (χ4v) is 2.18. The van der Waals surface area contributed by atoms with Crippen molar-refractivity contribution in [3.8, 4) is 5.75 Å². The van der Waals surface area contributed by atoms with E-state index in [-0.39, 0.29) is 3.79 Å². The van der Waals surface area contributed by atoms with Gasteiger partial charge in [-0.2, -0.15) is 5.10 Å². The van der Waals surface area contributed by atoms with Crippen LogP contribution in [-0.4, -0.2) is 20.5 Å². The van der Waals surface area contributed by atoms with Crippen molar-refractivity contribution in [3.63, 3.8) is 0 Å². The highest BCUT2D eigenvalue weighted by Gasteiger charge is 2.14. The summed E-state index contributed by atoms with van der Waals surface area (Å²) >= 11 is 1.77. The Morgan fingerprint density at radius 1 is 1.60 bits per heavy atom. The van der Waals surface area contributed by atoms with Crippen molar-refractivity contribution in [2.45, 2.75) is 6.92 Å². The number of nitrogens with zero attached hydrogens (tertiary/aromatic N) is 2. The van der Waals surface area contributed by atoms with Crippen molar-refractivity contribution in [1.29, 1.82) is 0 Å². The molecule has 2 heterocycles. The maximum absolute atomic E-state index is 11.4. The predicted octanol–water partition coefficient (Wildman–Crippen LogP) is 2.23. The van der Waals surface area contributed by atoms with Gasteiger partial charge in [0.1, 0.15) is 5.75 Å². The fraction of sp³-hybridized carbons (Fsp3) is 0.200. The molecule has 2 aromatic rings. The molecular weight excluding hydrogens is 307 g/mol. The normalized spacial score (nSPS) is 10.6. The molecule has 5 heteroatoms. The van der Waals surface area contributed by atoms with E-state index >= 15 is 0 Å². The van der Waals surface area contributed by atoms with E-state index in [9.17, 15) is 4.79 Å². The number of fused-ring (bicyclic) bond motifs is 1. The lowest BCUT2D eigenvalue weighted by molar-refractivity contribution is 0.110. The van der Waals surface area contributed by atoms with Crippen LogP contribution < -0.4 is 4.74 Å². The maximum atomic E-state index is 11.4. The average molecular weight is 316 g/mol. The predicted molar refractivity (Wildman–Crippen MR) is 64.8 cm³/mol. The summed E-state index contributed by atoms with van der Waals surface area (Å²) in [5, 5.41) is 4.25. The average Bonchev–Trinajstić information content (AvgIpc) is 2.52. The van der Waals surface area contributed by atoms with Gasteiger partial charge in [-0.1, -0.05) is 0 Å². The molecule has 0 saturated carbocycles. The van der Waals surface area contributed by atoms with Crippen molar-refractivity contribution in [2.75, 3.05) is 7.11 Å². The molecule has 0 bridgehead atoms. The minimum absolute atomic E-state index is 0.00615. The van der Waals surface area contributed by atoms with Gasteiger partial charge in [0.2, 0.25) is 3.79 Å². The first kappa shape index (κ1) is 10.4. The Labute approximate surface area is 100 Å². The third kappa shape index (κ3) is 1.71. The number of rotatable bonds is 2. The van der Waals surface area contributed by atoms with Crippen LogP contribution in [0.1, 0.15) is 16.1 Å². The Hall–Kier alpha value is -1.11. The van der Waals surface area contributed by atoms with Crippen LogP contribution in [0.15, 0.2) is 18.3 Å². The molecule has 0 saturated heterocycles. The number of methoxy groups -OCH3 is 1. The summed E-state index contributed by atoms with van der Waals surface area (Å²) in [5.74, 6) is 0.723. The number of carbonyl (C=O) groups is 1. The zero-order valence-corrected chi connectivity index (χ0v) is 10.5. The largest absolute Gasteiger partial charge is 0.497 e. The number of halogens is 1. The van der Waals surface area contributed by atoms with Crippen LogP contribution in [0.4, 0.5) is 0 Å². The van der Waals surface area contributed by atoms with E-state index in [1.54, 1.807) is 46.5 Å². The Morgan fingerprint density at radius 3 is 2.93 bits per heavy atom. The summed E-state index contributed by atoms with van der Waals surface area (Å²) < 4.78 is 6.79. The van der Waals surface area contributed by atoms with Crippen molar-refractivity contribution in [1.82, 2.24) is 9.61 Å². The molecule has 0 N–H and O–H groups in total. The fourth-order valence-electron chi connectivity index (χ4n) is 1.51. The SMILES string of the molecule is COc1ccn2nc(C)c(C(=O)I)c2c1. The Kier molecular flexibility index (Phi) is 2.64. The molecule has 2 rings (SSSR count). The van der Waals surface area contributed by atoms with Crippen LogP contribution in [0.5, 0.6) is 5.75 Å². The molecule has 0 aliphatic rings. The van der Waals surface area contributed by atoms with Gasteiger partial charge < -0.3 is 4.74 Å². The lowest BCUT2D eigenvalue weighted by atomic mass is 10.2. The monoisotopic (exact) mass is 316 g/mol. The summed E-state index contributed by atoms with van der Waals surface area (Å²) in [6, 6.07) is 3.62. The van der Waals surface area contributed by atoms with Crippen molar-refractivity contribution in [3.05, 3.63) is 29.6 Å². The molecule has 0 aliphatic heterocycles. The molecule has 0 spiro atoms. The van der Waals surface area contributed by atoms with Crippen molar-refractivity contribution in [2.24, 2.45) is 0 Å². The topological polar surface area (TPSA) is 43.6 Å². The molecule has 4 nitrogen and oxygen atoms in total. The second-order valence-corrected chi connectivity index (χ2v) is 4.11. The smallest absolute Gasteiger partial charge is 0.226 e. The number of hydrogen-bond acceptors (Lipinski definition) is 3. The molecule has 0 amide bonds. The lowest BCUT2D eigenvalue weighted by Crippen LogP contribution is -1.91. The number of carbonyl (C=O) groups excluding carboxylic acids is 1. The van der Waals surface area contributed by atoms with Gasteiger partial charge in [0.05, 0.1) is 23.9 Å². The van der Waals surface area contributed by atoms with Gasteiger partial charge >= 0.3 is 0 Å². The quantitative estimate of drug-likeness (QED) is 0.630. The third-order valence-corrected chi connectivity index (χ3v) is 2.75. The van der Waals surface area contributed by atoms with E-state index in [0.29, 0.717) is 5.56 Å². The first-order chi connectivity index (χ1) is 7.13. The first-order valence-electron chi connectivity index (χ1n) is 4.36. The molecule has 0 aromatic carbocycles. The van der Waals surface area contributed by atoms with Gasteiger partial charge in [0.25, 0.3) is 0 Å². The molecule has 15 heavy (non-hydrogen) atoms. The summed E-state index contributed by atoms with van der Waals surface area (Å²) in [6.07, 6.45) is 1.78. The van der Waals surface area contributed by atoms with Gasteiger partial charge in [-0.05, 0) is 13.0 Å². The molecule has 78 valence electrons. The van der Waals surface area contributed by atoms with E-state index < -0.39 is 0 Å². The molecule has 0 unspecified atom stereocenters. The number of ether oxygens (including phenoxy) is 1. The number of aromatic nitrogens is 2. The number of aryl methyl sites for hydroxylation is 1. The van der Waals surface area contributed by atoms with Gasteiger partial charge in [0.15, 0.2) is 0 Å². The van der Waals surface area contributed by atoms with Crippen LogP contribution in [0, 0.1) is 6.92 Å². The highest BCUT2D eigenvalue weighted by atomic mass is 127. The molecule has 0 fully saturated rings. The minimum atomic E-state index is -0.00615. The third-order valence-electron chi connectivity index (χ3n) is 2.21. The Balaban J connectivity index is 2.77. The highest BCUT2D eigenvalue weighted by Crippen LogP contribution is 2.22. The zero-order valence-electron chi connectivity index (χ0n) is 8.32. The van der Waals surface area contributed by atoms with E-state index in [4.69, 9.17) is 4.74 Å². The van der Waals surface area contributed by atoms with E-state index in [2.05, 4.69) is 5.10 Å². The molecule has 0 radical (unpaired) electrons. The van der Waals surface area contributed by atoms with Crippen LogP contribution in [0.25, 0.3) is 5.52 Å². The van der Waals surface area contributed by atoms with Crippen molar-refractivity contribution >= 4 is 31.9 Å². The highest BCUT2D eigenvalue weighted by molar-refractivity contribution is 14.1. The summed E-state index contributed by atoms with van der Waals surface area (Å²) in [6.45, 7) is 1.82. The van der Waals surface area contributed by atoms with Crippen LogP contribution in [0.3, 0.4) is 0 Å². The number of hydrogen-bond donors (Lipinski definition) is 0. The summed E-state index contributed by atoms with van der Waals surface area (Å²) in [4.78, 5) is 11.4. The van der Waals surface area contributed by atoms with E-state index in [1.807, 2.05) is 13.0 Å². The first-order valence-corrected chi connectivity index (χ1v) is 5.44. The Morgan fingerprint density at radius 2 is 2.33 bits per heavy atom. The number of pyridine rings is 1. The van der Waals surface area contributed by atoms with Gasteiger partial charge in [-0.15, -0.1) is 0 Å². The van der Waals surface area contributed by atoms with Crippen LogP contribution in [0.2, 0.25) is 0 Å². The maximum Gasteiger partial charge on any atom is 0.226 e. The van der Waals surface area contributed by atoms with Crippen LogP contribution >= 0.6 is 22.6 Å². The van der Waals surface area contributed by atoms with Gasteiger partial charge in [-0.25, -0.2) is 4.52 Å². The van der Waals surface area contributed by atoms with Gasteiger partial charge in [-0.3, -0.25) is 4.79 Å². The van der Waals surface area contributed by atoms with E-state index in [1.165, 1.54) is 0 Å². The minimum Gasteiger partial charge on any atom is -0.497 e. The lowest BCUT2D eigenvalue weighted by Gasteiger charge is -2.00. The Bertz CT molecular complexity index is 533. The van der Waals surface area contributed by atoms with Gasteiger partial charge in [0, 0.05) is 34.9 Å². The van der Waals surface area contributed by atoms with Crippen LogP contribution in [-0.2, 0) is 0 Å². The van der Waals surface area contributed by atoms with Crippen molar-refractivity contribution < 1.29 is 9.53 Å². The molecule has 0 aliphatic carbocycles. The molecular formula is C10H9IN2O2. The second kappa shape index (κ2) is 3.80. The zero-order chi connectivity index (χ0) is 11.0.